The van der Waals surface area contributed by atoms with Gasteiger partial charge in [0, 0.05) is 12.5 Å². The summed E-state index contributed by atoms with van der Waals surface area (Å²) in [5.41, 5.74) is 2.79. The largest absolute Gasteiger partial charge is 0.396 e. The summed E-state index contributed by atoms with van der Waals surface area (Å²) < 4.78 is 0. The maximum Gasteiger partial charge on any atom is 0.0439 e. The smallest absolute Gasteiger partial charge is 0.0439 e. The lowest BCUT2D eigenvalue weighted by Crippen LogP contribution is -2.06. The van der Waals surface area contributed by atoms with Gasteiger partial charge in [0.2, 0.25) is 0 Å². The summed E-state index contributed by atoms with van der Waals surface area (Å²) in [5.74, 6) is 0.426. The first-order chi connectivity index (χ1) is 6.42. The zero-order valence-electron chi connectivity index (χ0n) is 7.61. The highest BCUT2D eigenvalue weighted by Gasteiger charge is 2.13. The van der Waals surface area contributed by atoms with E-state index in [0.717, 1.165) is 12.8 Å². The first-order valence-corrected chi connectivity index (χ1v) is 4.77. The monoisotopic (exact) mass is 174 g/mol. The molecule has 0 spiro atoms. The second-order valence-electron chi connectivity index (χ2n) is 3.45. The Hall–Kier alpha value is -1.08. The van der Waals surface area contributed by atoms with Gasteiger partial charge in [-0.3, -0.25) is 0 Å². The third-order valence-corrected chi connectivity index (χ3v) is 2.60. The summed E-state index contributed by atoms with van der Waals surface area (Å²) in [6.07, 6.45) is 6.28. The van der Waals surface area contributed by atoms with Crippen LogP contribution in [0.25, 0.3) is 0 Å². The molecule has 0 bridgehead atoms. The van der Waals surface area contributed by atoms with Gasteiger partial charge in [-0.05, 0) is 24.0 Å². The van der Waals surface area contributed by atoms with Crippen LogP contribution in [0, 0.1) is 0 Å². The van der Waals surface area contributed by atoms with Crippen molar-refractivity contribution in [1.82, 2.24) is 0 Å². The first-order valence-electron chi connectivity index (χ1n) is 4.77. The molecular formula is C12H14O. The van der Waals surface area contributed by atoms with Crippen LogP contribution in [0.1, 0.15) is 23.5 Å². The molecule has 1 aromatic carbocycles. The van der Waals surface area contributed by atoms with Crippen molar-refractivity contribution in [3.05, 3.63) is 47.5 Å². The molecule has 0 aliphatic heterocycles. The zero-order valence-corrected chi connectivity index (χ0v) is 7.61. The van der Waals surface area contributed by atoms with Gasteiger partial charge < -0.3 is 5.11 Å². The van der Waals surface area contributed by atoms with Gasteiger partial charge in [0.05, 0.1) is 0 Å². The first kappa shape index (κ1) is 8.52. The van der Waals surface area contributed by atoms with Crippen LogP contribution in [0.5, 0.6) is 0 Å². The van der Waals surface area contributed by atoms with Crippen molar-refractivity contribution in [1.29, 1.82) is 0 Å². The Balaban J connectivity index is 2.31. The number of rotatable bonds is 2. The van der Waals surface area contributed by atoms with Crippen LogP contribution in [-0.2, 0) is 6.42 Å². The number of aliphatic hydroxyl groups is 1. The molecular weight excluding hydrogens is 160 g/mol. The van der Waals surface area contributed by atoms with E-state index in [9.17, 15) is 0 Å². The van der Waals surface area contributed by atoms with E-state index in [1.807, 2.05) is 0 Å². The topological polar surface area (TPSA) is 20.2 Å². The molecule has 68 valence electrons. The second kappa shape index (κ2) is 3.75. The number of fused-ring (bicyclic) bond motifs is 1. The van der Waals surface area contributed by atoms with E-state index < -0.39 is 0 Å². The van der Waals surface area contributed by atoms with Gasteiger partial charge in [-0.25, -0.2) is 0 Å². The molecule has 1 heteroatoms. The van der Waals surface area contributed by atoms with Crippen molar-refractivity contribution < 1.29 is 5.11 Å². The fourth-order valence-corrected chi connectivity index (χ4v) is 1.94. The Morgan fingerprint density at radius 3 is 3.00 bits per heavy atom. The van der Waals surface area contributed by atoms with E-state index in [1.54, 1.807) is 0 Å². The molecule has 0 unspecified atom stereocenters. The van der Waals surface area contributed by atoms with Gasteiger partial charge in [0.25, 0.3) is 0 Å². The minimum atomic E-state index is 0.267. The fraction of sp³-hybridized carbons (Fsp3) is 0.333. The van der Waals surface area contributed by atoms with Gasteiger partial charge in [-0.1, -0.05) is 36.4 Å². The predicted molar refractivity (Wildman–Crippen MR) is 53.7 cm³/mol. The lowest BCUT2D eigenvalue weighted by Gasteiger charge is -2.19. The van der Waals surface area contributed by atoms with Crippen molar-refractivity contribution >= 4 is 0 Å². The molecule has 1 N–H and O–H groups in total. The molecule has 0 fully saturated rings. The Kier molecular flexibility index (Phi) is 2.46. The molecule has 0 heterocycles. The minimum Gasteiger partial charge on any atom is -0.396 e. The number of benzene rings is 1. The van der Waals surface area contributed by atoms with Gasteiger partial charge in [0.1, 0.15) is 0 Å². The molecule has 1 nitrogen and oxygen atoms in total. The van der Waals surface area contributed by atoms with E-state index in [4.69, 9.17) is 5.11 Å². The van der Waals surface area contributed by atoms with Crippen LogP contribution in [0.4, 0.5) is 0 Å². The SMILES string of the molecule is OCC[C@@H]1C=CCc2ccccc21. The molecule has 0 saturated heterocycles. The standard InChI is InChI=1S/C12H14O/c13-9-8-11-6-3-5-10-4-1-2-7-12(10)11/h1-4,6-7,11,13H,5,8-9H2/t11-/m0/s1. The number of allylic oxidation sites excluding steroid dienone is 2. The third-order valence-electron chi connectivity index (χ3n) is 2.60. The molecule has 0 aromatic heterocycles. The summed E-state index contributed by atoms with van der Waals surface area (Å²) in [7, 11) is 0. The van der Waals surface area contributed by atoms with E-state index >= 15 is 0 Å². The summed E-state index contributed by atoms with van der Waals surface area (Å²) in [6.45, 7) is 0.267. The Morgan fingerprint density at radius 2 is 2.15 bits per heavy atom. The molecule has 1 aliphatic rings. The third kappa shape index (κ3) is 1.65. The van der Waals surface area contributed by atoms with Crippen LogP contribution < -0.4 is 0 Å². The molecule has 0 saturated carbocycles. The van der Waals surface area contributed by atoms with Crippen LogP contribution >= 0.6 is 0 Å². The van der Waals surface area contributed by atoms with Crippen molar-refractivity contribution in [2.24, 2.45) is 0 Å². The molecule has 1 atom stereocenters. The lowest BCUT2D eigenvalue weighted by atomic mass is 9.86. The van der Waals surface area contributed by atoms with E-state index in [0.29, 0.717) is 5.92 Å². The van der Waals surface area contributed by atoms with E-state index in [2.05, 4.69) is 36.4 Å². The second-order valence-corrected chi connectivity index (χ2v) is 3.45. The highest BCUT2D eigenvalue weighted by Crippen LogP contribution is 2.28. The Bertz CT molecular complexity index is 315. The van der Waals surface area contributed by atoms with Gasteiger partial charge in [-0.15, -0.1) is 0 Å². The summed E-state index contributed by atoms with van der Waals surface area (Å²) in [4.78, 5) is 0. The van der Waals surface area contributed by atoms with Crippen molar-refractivity contribution in [3.8, 4) is 0 Å². The average molecular weight is 174 g/mol. The van der Waals surface area contributed by atoms with Gasteiger partial charge in [-0.2, -0.15) is 0 Å². The molecule has 0 radical (unpaired) electrons. The van der Waals surface area contributed by atoms with Crippen molar-refractivity contribution in [2.75, 3.05) is 6.61 Å². The minimum absolute atomic E-state index is 0.267. The lowest BCUT2D eigenvalue weighted by molar-refractivity contribution is 0.282. The summed E-state index contributed by atoms with van der Waals surface area (Å²) >= 11 is 0. The maximum atomic E-state index is 8.91. The van der Waals surface area contributed by atoms with Crippen LogP contribution in [-0.4, -0.2) is 11.7 Å². The van der Waals surface area contributed by atoms with Gasteiger partial charge in [0.15, 0.2) is 0 Å². The number of aliphatic hydroxyl groups excluding tert-OH is 1. The highest BCUT2D eigenvalue weighted by molar-refractivity contribution is 5.37. The molecule has 2 rings (SSSR count). The average Bonchev–Trinajstić information content (AvgIpc) is 2.19. The zero-order chi connectivity index (χ0) is 9.10. The predicted octanol–water partition coefficient (Wildman–Crippen LogP) is 2.26. The van der Waals surface area contributed by atoms with Crippen LogP contribution in [0.15, 0.2) is 36.4 Å². The van der Waals surface area contributed by atoms with Crippen molar-refractivity contribution in [2.45, 2.75) is 18.8 Å². The number of hydrogen-bond acceptors (Lipinski definition) is 1. The Labute approximate surface area is 78.7 Å². The van der Waals surface area contributed by atoms with Gasteiger partial charge >= 0.3 is 0 Å². The van der Waals surface area contributed by atoms with E-state index in [1.165, 1.54) is 11.1 Å². The maximum absolute atomic E-state index is 8.91. The van der Waals surface area contributed by atoms with Crippen molar-refractivity contribution in [3.63, 3.8) is 0 Å². The Morgan fingerprint density at radius 1 is 1.31 bits per heavy atom. The summed E-state index contributed by atoms with van der Waals surface area (Å²) in [6, 6.07) is 8.48. The number of hydrogen-bond donors (Lipinski definition) is 1. The quantitative estimate of drug-likeness (QED) is 0.682. The van der Waals surface area contributed by atoms with Crippen LogP contribution in [0.3, 0.4) is 0 Å². The molecule has 1 aliphatic carbocycles. The molecule has 1 aromatic rings. The highest BCUT2D eigenvalue weighted by atomic mass is 16.3. The normalized spacial score (nSPS) is 19.9. The molecule has 0 amide bonds. The van der Waals surface area contributed by atoms with E-state index in [-0.39, 0.29) is 6.61 Å². The summed E-state index contributed by atoms with van der Waals surface area (Å²) in [5, 5.41) is 8.91. The van der Waals surface area contributed by atoms with Crippen LogP contribution in [0.2, 0.25) is 0 Å². The fourth-order valence-electron chi connectivity index (χ4n) is 1.94. The molecule has 13 heavy (non-hydrogen) atoms.